The molecule has 3 aromatic carbocycles. The number of allylic oxidation sites excluding steroid dienone is 1. The highest BCUT2D eigenvalue weighted by atomic mass is 32.1. The third kappa shape index (κ3) is 4.06. The molecule has 32 heavy (non-hydrogen) atoms. The average Bonchev–Trinajstić information content (AvgIpc) is 3.16. The number of hydrogen-bond acceptors (Lipinski definition) is 2. The molecule has 0 atom stereocenters. The zero-order valence-corrected chi connectivity index (χ0v) is 18.1. The second-order valence-corrected chi connectivity index (χ2v) is 8.43. The van der Waals surface area contributed by atoms with Crippen LogP contribution in [0, 0.1) is 23.5 Å². The van der Waals surface area contributed by atoms with Gasteiger partial charge in [-0.2, -0.15) is 4.99 Å². The standard InChI is InChI=1S/C28H19F2NS/c29-26-15-25(16-27(30)28(26)31-17-32)23-11-10-22-12-19(13-24(22)14-23)5-4-18-6-8-21(9-7-18)20-2-1-3-20/h6-12,14-16,20H,1-3,13H2. The van der Waals surface area contributed by atoms with Gasteiger partial charge in [0.05, 0.1) is 5.16 Å². The Morgan fingerprint density at radius 2 is 1.62 bits per heavy atom. The predicted molar refractivity (Wildman–Crippen MR) is 128 cm³/mol. The minimum Gasteiger partial charge on any atom is -0.204 e. The van der Waals surface area contributed by atoms with Crippen LogP contribution in [0.1, 0.15) is 47.4 Å². The van der Waals surface area contributed by atoms with E-state index in [1.165, 1.54) is 37.0 Å². The van der Waals surface area contributed by atoms with Gasteiger partial charge >= 0.3 is 0 Å². The van der Waals surface area contributed by atoms with Crippen LogP contribution in [0.5, 0.6) is 0 Å². The van der Waals surface area contributed by atoms with Crippen molar-refractivity contribution in [3.63, 3.8) is 0 Å². The third-order valence-electron chi connectivity index (χ3n) is 6.22. The minimum atomic E-state index is -0.758. The van der Waals surface area contributed by atoms with Crippen molar-refractivity contribution >= 4 is 29.1 Å². The van der Waals surface area contributed by atoms with E-state index in [1.807, 2.05) is 23.4 Å². The summed E-state index contributed by atoms with van der Waals surface area (Å²) in [6.45, 7) is 0. The zero-order chi connectivity index (χ0) is 22.1. The van der Waals surface area contributed by atoms with Crippen LogP contribution in [0.3, 0.4) is 0 Å². The van der Waals surface area contributed by atoms with Crippen molar-refractivity contribution < 1.29 is 8.78 Å². The number of hydrogen-bond donors (Lipinski definition) is 0. The maximum absolute atomic E-state index is 14.2. The number of aliphatic imine (C=N–C) groups is 1. The molecule has 1 saturated carbocycles. The fourth-order valence-electron chi connectivity index (χ4n) is 4.22. The number of thiocarbonyl (C=S) groups is 1. The van der Waals surface area contributed by atoms with E-state index >= 15 is 0 Å². The Balaban J connectivity index is 1.34. The first-order valence-corrected chi connectivity index (χ1v) is 11.0. The third-order valence-corrected chi connectivity index (χ3v) is 6.31. The Bertz CT molecular complexity index is 1330. The number of rotatable bonds is 3. The fraction of sp³-hybridized carbons (Fsp3) is 0.179. The molecule has 0 spiro atoms. The summed E-state index contributed by atoms with van der Waals surface area (Å²) in [6.07, 6.45) is 6.70. The largest absolute Gasteiger partial charge is 0.204 e. The van der Waals surface area contributed by atoms with E-state index < -0.39 is 17.3 Å². The molecule has 0 aromatic heterocycles. The van der Waals surface area contributed by atoms with Crippen LogP contribution < -0.4 is 0 Å². The van der Waals surface area contributed by atoms with Gasteiger partial charge in [0.1, 0.15) is 5.69 Å². The molecule has 5 rings (SSSR count). The highest BCUT2D eigenvalue weighted by Crippen LogP contribution is 2.36. The molecule has 0 heterocycles. The van der Waals surface area contributed by atoms with Crippen molar-refractivity contribution in [2.45, 2.75) is 31.6 Å². The zero-order valence-electron chi connectivity index (χ0n) is 17.3. The van der Waals surface area contributed by atoms with Gasteiger partial charge in [0, 0.05) is 17.6 Å². The van der Waals surface area contributed by atoms with Crippen molar-refractivity contribution in [1.29, 1.82) is 0 Å². The lowest BCUT2D eigenvalue weighted by Crippen LogP contribution is -2.08. The summed E-state index contributed by atoms with van der Waals surface area (Å²) in [7, 11) is 0. The summed E-state index contributed by atoms with van der Waals surface area (Å²) < 4.78 is 28.5. The van der Waals surface area contributed by atoms with Gasteiger partial charge in [-0.25, -0.2) is 8.78 Å². The van der Waals surface area contributed by atoms with Gasteiger partial charge in [0.25, 0.3) is 0 Å². The van der Waals surface area contributed by atoms with Gasteiger partial charge in [-0.05, 0) is 89.1 Å². The Morgan fingerprint density at radius 1 is 0.875 bits per heavy atom. The van der Waals surface area contributed by atoms with Gasteiger partial charge in [0.2, 0.25) is 0 Å². The minimum absolute atomic E-state index is 0.412. The number of benzene rings is 3. The van der Waals surface area contributed by atoms with Crippen LogP contribution >= 0.6 is 12.2 Å². The van der Waals surface area contributed by atoms with Crippen LogP contribution in [-0.2, 0) is 6.42 Å². The van der Waals surface area contributed by atoms with Crippen LogP contribution in [0.2, 0.25) is 0 Å². The fourth-order valence-corrected chi connectivity index (χ4v) is 4.31. The van der Waals surface area contributed by atoms with Crippen LogP contribution in [0.4, 0.5) is 14.5 Å². The highest BCUT2D eigenvalue weighted by molar-refractivity contribution is 7.78. The first-order valence-electron chi connectivity index (χ1n) is 10.6. The number of halogens is 2. The summed E-state index contributed by atoms with van der Waals surface area (Å²) in [6, 6.07) is 16.9. The summed E-state index contributed by atoms with van der Waals surface area (Å²) in [4.78, 5) is 3.47. The molecule has 0 unspecified atom stereocenters. The van der Waals surface area contributed by atoms with Crippen molar-refractivity contribution in [2.24, 2.45) is 4.99 Å². The van der Waals surface area contributed by atoms with Gasteiger partial charge in [0.15, 0.2) is 11.6 Å². The molecular formula is C28H19F2NS. The van der Waals surface area contributed by atoms with Gasteiger partial charge < -0.3 is 0 Å². The molecule has 0 N–H and O–H groups in total. The van der Waals surface area contributed by atoms with E-state index in [2.05, 4.69) is 59.4 Å². The molecule has 2 aliphatic rings. The Labute approximate surface area is 191 Å². The average molecular weight is 440 g/mol. The Kier molecular flexibility index (Phi) is 5.53. The van der Waals surface area contributed by atoms with Crippen LogP contribution in [0.25, 0.3) is 17.2 Å². The molecule has 4 heteroatoms. The second-order valence-electron chi connectivity index (χ2n) is 8.25. The lowest BCUT2D eigenvalue weighted by molar-refractivity contribution is 0.420. The molecule has 0 aliphatic heterocycles. The van der Waals surface area contributed by atoms with E-state index in [4.69, 9.17) is 0 Å². The Hall–Kier alpha value is -3.38. The van der Waals surface area contributed by atoms with Crippen molar-refractivity contribution in [3.05, 3.63) is 94.1 Å². The number of isothiocyanates is 1. The second kappa shape index (κ2) is 8.63. The van der Waals surface area contributed by atoms with Crippen LogP contribution in [0.15, 0.2) is 65.2 Å². The Morgan fingerprint density at radius 3 is 2.28 bits per heavy atom. The number of nitrogens with zero attached hydrogens (tertiary/aromatic N) is 1. The summed E-state index contributed by atoms with van der Waals surface area (Å²) in [5, 5.41) is 2.01. The van der Waals surface area contributed by atoms with Gasteiger partial charge in [-0.15, -0.1) is 0 Å². The summed E-state index contributed by atoms with van der Waals surface area (Å²) in [5.74, 6) is 5.75. The van der Waals surface area contributed by atoms with Gasteiger partial charge in [-0.1, -0.05) is 48.6 Å². The lowest BCUT2D eigenvalue weighted by Gasteiger charge is -2.25. The molecule has 0 radical (unpaired) electrons. The summed E-state index contributed by atoms with van der Waals surface area (Å²) >= 11 is 4.45. The normalized spacial score (nSPS) is 14.5. The predicted octanol–water partition coefficient (Wildman–Crippen LogP) is 7.62. The van der Waals surface area contributed by atoms with E-state index in [1.54, 1.807) is 0 Å². The van der Waals surface area contributed by atoms with Crippen molar-refractivity contribution in [1.82, 2.24) is 0 Å². The molecule has 1 nitrogen and oxygen atoms in total. The monoisotopic (exact) mass is 439 g/mol. The van der Waals surface area contributed by atoms with Crippen molar-refractivity contribution in [3.8, 4) is 23.0 Å². The van der Waals surface area contributed by atoms with E-state index in [0.717, 1.165) is 33.7 Å². The molecule has 0 saturated heterocycles. The maximum Gasteiger partial charge on any atom is 0.153 e. The van der Waals surface area contributed by atoms with E-state index in [0.29, 0.717) is 12.0 Å². The highest BCUT2D eigenvalue weighted by Gasteiger charge is 2.19. The summed E-state index contributed by atoms with van der Waals surface area (Å²) in [5.41, 5.74) is 6.42. The quantitative estimate of drug-likeness (QED) is 0.232. The lowest BCUT2D eigenvalue weighted by atomic mass is 9.80. The molecule has 1 fully saturated rings. The topological polar surface area (TPSA) is 12.4 Å². The molecule has 3 aromatic rings. The van der Waals surface area contributed by atoms with E-state index in [9.17, 15) is 8.78 Å². The van der Waals surface area contributed by atoms with E-state index in [-0.39, 0.29) is 0 Å². The first kappa shape index (κ1) is 20.5. The van der Waals surface area contributed by atoms with Crippen molar-refractivity contribution in [2.75, 3.05) is 0 Å². The molecular weight excluding hydrogens is 420 g/mol. The van der Waals surface area contributed by atoms with Crippen LogP contribution in [-0.4, -0.2) is 5.16 Å². The smallest absolute Gasteiger partial charge is 0.153 e. The molecule has 2 aliphatic carbocycles. The van der Waals surface area contributed by atoms with Gasteiger partial charge in [-0.3, -0.25) is 0 Å². The molecule has 156 valence electrons. The maximum atomic E-state index is 14.2. The number of fused-ring (bicyclic) bond motifs is 1. The molecule has 0 bridgehead atoms. The SMILES string of the molecule is Fc1cc(-c2ccc3c(c2)CC(C#Cc2ccc(C4CCC4)cc2)=C3)cc(F)c1N=C=S. The first-order chi connectivity index (χ1) is 15.6. The molecule has 0 amide bonds.